The van der Waals surface area contributed by atoms with E-state index in [1.54, 1.807) is 0 Å². The Kier molecular flexibility index (Phi) is 1.93. The van der Waals surface area contributed by atoms with E-state index in [4.69, 9.17) is 0 Å². The Balaban J connectivity index is 2.33. The average molecular weight is 133 g/mol. The molecule has 0 aliphatic heterocycles. The van der Waals surface area contributed by atoms with E-state index in [1.165, 1.54) is 24.5 Å². The monoisotopic (exact) mass is 133 g/mol. The van der Waals surface area contributed by atoms with E-state index in [1.807, 2.05) is 0 Å². The fraction of sp³-hybridized carbons (Fsp3) is 0.800. The summed E-state index contributed by atoms with van der Waals surface area (Å²) in [7, 11) is 0. The van der Waals surface area contributed by atoms with Gasteiger partial charge in [-0.3, -0.25) is 0 Å². The molecule has 1 fully saturated rings. The molecule has 0 aromatic rings. The summed E-state index contributed by atoms with van der Waals surface area (Å²) in [6.07, 6.45) is 3.69. The molecule has 0 amide bonds. The molecule has 0 aromatic heterocycles. The Hall–Kier alpha value is 0.700. The molecule has 1 atom stereocenters. The highest BCUT2D eigenvalue weighted by Crippen LogP contribution is 2.33. The van der Waals surface area contributed by atoms with Crippen molar-refractivity contribution in [1.82, 2.24) is 0 Å². The Morgan fingerprint density at radius 2 is 2.29 bits per heavy atom. The van der Waals surface area contributed by atoms with Gasteiger partial charge in [-0.1, -0.05) is 6.42 Å². The summed E-state index contributed by atoms with van der Waals surface area (Å²) in [5, 5.41) is 1.76. The van der Waals surface area contributed by atoms with Crippen molar-refractivity contribution in [2.75, 3.05) is 0 Å². The zero-order valence-electron chi connectivity index (χ0n) is 4.09. The van der Waals surface area contributed by atoms with E-state index in [9.17, 15) is 0 Å². The smallest absolute Gasteiger partial charge is 0.0400 e. The van der Waals surface area contributed by atoms with Crippen molar-refractivity contribution in [3.63, 3.8) is 0 Å². The Morgan fingerprint density at radius 1 is 1.57 bits per heavy atom. The second-order valence-electron chi connectivity index (χ2n) is 1.90. The number of thiol groups is 2. The molecule has 1 rings (SSSR count). The quantitative estimate of drug-likeness (QED) is 0.463. The van der Waals surface area contributed by atoms with E-state index in [-0.39, 0.29) is 0 Å². The molecule has 2 heteroatoms. The molecule has 0 nitrogen and oxygen atoms in total. The molecule has 1 unspecified atom stereocenters. The number of hydrogen-bond donors (Lipinski definition) is 2. The summed E-state index contributed by atoms with van der Waals surface area (Å²) in [6.45, 7) is 0. The van der Waals surface area contributed by atoms with Crippen LogP contribution >= 0.6 is 25.3 Å². The topological polar surface area (TPSA) is 0 Å². The minimum atomic E-state index is 0.489. The lowest BCUT2D eigenvalue weighted by Crippen LogP contribution is -1.94. The van der Waals surface area contributed by atoms with Gasteiger partial charge in [0.05, 0.1) is 0 Å². The summed E-state index contributed by atoms with van der Waals surface area (Å²) in [4.78, 5) is 0. The van der Waals surface area contributed by atoms with Crippen LogP contribution in [-0.2, 0) is 0 Å². The maximum atomic E-state index is 4.27. The van der Waals surface area contributed by atoms with Gasteiger partial charge in [0.1, 0.15) is 0 Å². The third-order valence-electron chi connectivity index (χ3n) is 1.30. The lowest BCUT2D eigenvalue weighted by atomic mass is 10.4. The van der Waals surface area contributed by atoms with Gasteiger partial charge in [-0.05, 0) is 12.8 Å². The van der Waals surface area contributed by atoms with Crippen LogP contribution in [0.5, 0.6) is 0 Å². The molecule has 1 aliphatic rings. The second kappa shape index (κ2) is 2.31. The summed E-state index contributed by atoms with van der Waals surface area (Å²) in [5.74, 6) is 0. The van der Waals surface area contributed by atoms with Crippen LogP contribution < -0.4 is 0 Å². The molecular formula is C5H9S2. The van der Waals surface area contributed by atoms with Crippen LogP contribution in [0.1, 0.15) is 19.3 Å². The zero-order valence-corrected chi connectivity index (χ0v) is 5.88. The van der Waals surface area contributed by atoms with Crippen molar-refractivity contribution in [2.45, 2.75) is 24.5 Å². The average Bonchev–Trinajstić information content (AvgIpc) is 1.91. The van der Waals surface area contributed by atoms with E-state index < -0.39 is 0 Å². The SMILES string of the molecule is S[C]1CCCC1S. The lowest BCUT2D eigenvalue weighted by Gasteiger charge is -2.02. The molecule has 7 heavy (non-hydrogen) atoms. The molecule has 0 heterocycles. The summed E-state index contributed by atoms with van der Waals surface area (Å²) in [6, 6.07) is 0. The maximum Gasteiger partial charge on any atom is 0.0400 e. The fourth-order valence-electron chi connectivity index (χ4n) is 0.810. The number of hydrogen-bond acceptors (Lipinski definition) is 2. The first-order valence-electron chi connectivity index (χ1n) is 2.53. The first-order chi connectivity index (χ1) is 3.30. The van der Waals surface area contributed by atoms with Gasteiger partial charge >= 0.3 is 0 Å². The predicted molar refractivity (Wildman–Crippen MR) is 38.9 cm³/mol. The van der Waals surface area contributed by atoms with Gasteiger partial charge in [0.2, 0.25) is 0 Å². The number of rotatable bonds is 0. The third kappa shape index (κ3) is 1.29. The molecular weight excluding hydrogens is 124 g/mol. The van der Waals surface area contributed by atoms with Crippen LogP contribution in [0, 0.1) is 5.25 Å². The van der Waals surface area contributed by atoms with Crippen LogP contribution in [0.2, 0.25) is 0 Å². The van der Waals surface area contributed by atoms with Crippen LogP contribution in [-0.4, -0.2) is 5.25 Å². The van der Waals surface area contributed by atoms with Crippen molar-refractivity contribution in [1.29, 1.82) is 0 Å². The van der Waals surface area contributed by atoms with Gasteiger partial charge in [-0.2, -0.15) is 25.3 Å². The third-order valence-corrected chi connectivity index (χ3v) is 2.60. The van der Waals surface area contributed by atoms with Gasteiger partial charge in [-0.25, -0.2) is 0 Å². The zero-order chi connectivity index (χ0) is 5.28. The molecule has 1 aliphatic carbocycles. The summed E-state index contributed by atoms with van der Waals surface area (Å²) >= 11 is 8.50. The van der Waals surface area contributed by atoms with E-state index in [0.717, 1.165) is 0 Å². The van der Waals surface area contributed by atoms with Gasteiger partial charge in [0.15, 0.2) is 0 Å². The van der Waals surface area contributed by atoms with Crippen molar-refractivity contribution >= 4 is 25.3 Å². The highest BCUT2D eigenvalue weighted by Gasteiger charge is 2.20. The van der Waals surface area contributed by atoms with Gasteiger partial charge in [-0.15, -0.1) is 0 Å². The lowest BCUT2D eigenvalue weighted by molar-refractivity contribution is 0.895. The van der Waals surface area contributed by atoms with Crippen LogP contribution in [0.25, 0.3) is 0 Å². The summed E-state index contributed by atoms with van der Waals surface area (Å²) < 4.78 is 0. The van der Waals surface area contributed by atoms with Crippen LogP contribution in [0.3, 0.4) is 0 Å². The summed E-state index contributed by atoms with van der Waals surface area (Å²) in [5.41, 5.74) is 0. The Bertz CT molecular complexity index is 55.1. The largest absolute Gasteiger partial charge is 0.174 e. The molecule has 41 valence electrons. The van der Waals surface area contributed by atoms with E-state index in [2.05, 4.69) is 25.3 Å². The van der Waals surface area contributed by atoms with Gasteiger partial charge in [0.25, 0.3) is 0 Å². The van der Waals surface area contributed by atoms with Crippen LogP contribution in [0.4, 0.5) is 0 Å². The van der Waals surface area contributed by atoms with E-state index >= 15 is 0 Å². The van der Waals surface area contributed by atoms with Gasteiger partial charge in [0, 0.05) is 10.5 Å². The molecule has 0 spiro atoms. The molecule has 0 N–H and O–H groups in total. The van der Waals surface area contributed by atoms with Crippen molar-refractivity contribution < 1.29 is 0 Å². The Morgan fingerprint density at radius 3 is 2.43 bits per heavy atom. The second-order valence-corrected chi connectivity index (χ2v) is 3.10. The highest BCUT2D eigenvalue weighted by molar-refractivity contribution is 7.87. The van der Waals surface area contributed by atoms with Crippen molar-refractivity contribution in [2.24, 2.45) is 0 Å². The molecule has 1 saturated carbocycles. The molecule has 0 bridgehead atoms. The van der Waals surface area contributed by atoms with Crippen molar-refractivity contribution in [3.8, 4) is 0 Å². The Labute approximate surface area is 55.5 Å². The first-order valence-corrected chi connectivity index (χ1v) is 3.50. The molecule has 0 aromatic carbocycles. The predicted octanol–water partition coefficient (Wildman–Crippen LogP) is 1.93. The minimum absolute atomic E-state index is 0.489. The highest BCUT2D eigenvalue weighted by atomic mass is 32.1. The van der Waals surface area contributed by atoms with Gasteiger partial charge < -0.3 is 0 Å². The van der Waals surface area contributed by atoms with E-state index in [0.29, 0.717) is 5.25 Å². The maximum absolute atomic E-state index is 4.27. The first kappa shape index (κ1) is 5.83. The molecule has 1 radical (unpaired) electrons. The molecule has 0 saturated heterocycles. The fourth-order valence-corrected chi connectivity index (χ4v) is 1.41. The minimum Gasteiger partial charge on any atom is -0.174 e. The van der Waals surface area contributed by atoms with Crippen molar-refractivity contribution in [3.05, 3.63) is 5.25 Å². The standard InChI is InChI=1S/C5H9S2/c6-4-2-1-3-5(4)7/h4,6-7H,1-3H2. The normalized spacial score (nSPS) is 34.3. The van der Waals surface area contributed by atoms with Crippen LogP contribution in [0.15, 0.2) is 0 Å².